The Balaban J connectivity index is 2.58. The quantitative estimate of drug-likeness (QED) is 0.829. The molecule has 94 valence electrons. The third-order valence-corrected chi connectivity index (χ3v) is 1.90. The van der Waals surface area contributed by atoms with Gasteiger partial charge >= 0.3 is 12.1 Å². The van der Waals surface area contributed by atoms with E-state index < -0.39 is 17.8 Å². The summed E-state index contributed by atoms with van der Waals surface area (Å²) in [6.45, 7) is 0.168. The lowest BCUT2D eigenvalue weighted by molar-refractivity contribution is -0.141. The lowest BCUT2D eigenvalue weighted by Gasteiger charge is -2.08. The summed E-state index contributed by atoms with van der Waals surface area (Å²) in [5.41, 5.74) is -0.972. The van der Waals surface area contributed by atoms with Gasteiger partial charge in [0.2, 0.25) is 0 Å². The summed E-state index contributed by atoms with van der Waals surface area (Å²) < 4.78 is 41.3. The van der Waals surface area contributed by atoms with Gasteiger partial charge in [-0.15, -0.1) is 0 Å². The molecule has 7 heteroatoms. The van der Waals surface area contributed by atoms with Crippen molar-refractivity contribution in [3.05, 3.63) is 23.9 Å². The van der Waals surface area contributed by atoms with Crippen molar-refractivity contribution >= 4 is 11.8 Å². The van der Waals surface area contributed by atoms with Gasteiger partial charge in [-0.1, -0.05) is 6.07 Å². The van der Waals surface area contributed by atoms with E-state index in [2.05, 4.69) is 15.0 Å². The molecule has 17 heavy (non-hydrogen) atoms. The van der Waals surface area contributed by atoms with Crippen LogP contribution in [-0.2, 0) is 15.7 Å². The third-order valence-electron chi connectivity index (χ3n) is 1.90. The molecule has 0 atom stereocenters. The smallest absolute Gasteiger partial charge is 0.433 e. The minimum absolute atomic E-state index is 0.0639. The summed E-state index contributed by atoms with van der Waals surface area (Å²) in [6, 6.07) is 3.52. The van der Waals surface area contributed by atoms with Crippen LogP contribution >= 0.6 is 0 Å². The van der Waals surface area contributed by atoms with Gasteiger partial charge in [0.25, 0.3) is 0 Å². The van der Waals surface area contributed by atoms with Gasteiger partial charge in [-0.25, -0.2) is 4.98 Å². The molecule has 0 saturated carbocycles. The van der Waals surface area contributed by atoms with Crippen LogP contribution in [0, 0.1) is 0 Å². The van der Waals surface area contributed by atoms with Crippen LogP contribution in [0.25, 0.3) is 0 Å². The number of methoxy groups -OCH3 is 1. The fourth-order valence-corrected chi connectivity index (χ4v) is 1.09. The summed E-state index contributed by atoms with van der Waals surface area (Å²) in [5, 5.41) is 2.61. The van der Waals surface area contributed by atoms with Crippen LogP contribution in [0.3, 0.4) is 0 Å². The first-order valence-corrected chi connectivity index (χ1v) is 4.78. The maximum absolute atomic E-state index is 12.3. The van der Waals surface area contributed by atoms with Crippen molar-refractivity contribution in [3.8, 4) is 0 Å². The highest BCUT2D eigenvalue weighted by Crippen LogP contribution is 2.28. The number of halogens is 3. The third kappa shape index (κ3) is 4.29. The van der Waals surface area contributed by atoms with E-state index in [0.29, 0.717) is 0 Å². The summed E-state index contributed by atoms with van der Waals surface area (Å²) >= 11 is 0. The number of pyridine rings is 1. The molecular weight excluding hydrogens is 237 g/mol. The van der Waals surface area contributed by atoms with Gasteiger partial charge < -0.3 is 10.1 Å². The highest BCUT2D eigenvalue weighted by molar-refractivity contribution is 5.69. The lowest BCUT2D eigenvalue weighted by atomic mass is 10.3. The Hall–Kier alpha value is -1.79. The first-order valence-electron chi connectivity index (χ1n) is 4.78. The van der Waals surface area contributed by atoms with Crippen molar-refractivity contribution in [1.82, 2.24) is 4.98 Å². The Morgan fingerprint density at radius 3 is 2.76 bits per heavy atom. The predicted molar refractivity (Wildman–Crippen MR) is 54.4 cm³/mol. The summed E-state index contributed by atoms with van der Waals surface area (Å²) in [6.07, 6.45) is -4.41. The van der Waals surface area contributed by atoms with E-state index >= 15 is 0 Å². The molecule has 1 N–H and O–H groups in total. The number of carbonyl (C=O) groups excluding carboxylic acids is 1. The van der Waals surface area contributed by atoms with E-state index in [9.17, 15) is 18.0 Å². The molecule has 0 bridgehead atoms. The van der Waals surface area contributed by atoms with Gasteiger partial charge in [0, 0.05) is 6.54 Å². The van der Waals surface area contributed by atoms with Gasteiger partial charge in [0.15, 0.2) is 0 Å². The number of anilines is 1. The molecule has 1 aromatic rings. The van der Waals surface area contributed by atoms with Crippen molar-refractivity contribution in [3.63, 3.8) is 0 Å². The van der Waals surface area contributed by atoms with Gasteiger partial charge in [-0.3, -0.25) is 4.79 Å². The number of nitrogens with one attached hydrogen (secondary N) is 1. The SMILES string of the molecule is COC(=O)CCNc1cccc(C(F)(F)F)n1. The van der Waals surface area contributed by atoms with E-state index in [1.807, 2.05) is 0 Å². The van der Waals surface area contributed by atoms with E-state index in [1.165, 1.54) is 19.2 Å². The Labute approximate surface area is 95.8 Å². The molecule has 0 aliphatic heterocycles. The summed E-state index contributed by atoms with van der Waals surface area (Å²) in [7, 11) is 1.24. The molecule has 0 unspecified atom stereocenters. The molecule has 0 fully saturated rings. The second kappa shape index (κ2) is 5.51. The van der Waals surface area contributed by atoms with Crippen LogP contribution in [0.2, 0.25) is 0 Å². The fraction of sp³-hybridized carbons (Fsp3) is 0.400. The average molecular weight is 248 g/mol. The largest absolute Gasteiger partial charge is 0.469 e. The molecule has 0 aromatic carbocycles. The van der Waals surface area contributed by atoms with Gasteiger partial charge in [0.1, 0.15) is 11.5 Å². The van der Waals surface area contributed by atoms with E-state index in [1.54, 1.807) is 0 Å². The second-order valence-corrected chi connectivity index (χ2v) is 3.16. The molecule has 0 amide bonds. The van der Waals surface area contributed by atoms with Crippen molar-refractivity contribution in [1.29, 1.82) is 0 Å². The van der Waals surface area contributed by atoms with Crippen molar-refractivity contribution < 1.29 is 22.7 Å². The minimum Gasteiger partial charge on any atom is -0.469 e. The zero-order chi connectivity index (χ0) is 12.9. The molecule has 1 rings (SSSR count). The molecule has 0 aliphatic carbocycles. The number of hydrogen-bond donors (Lipinski definition) is 1. The van der Waals surface area contributed by atoms with E-state index in [-0.39, 0.29) is 18.8 Å². The molecule has 0 spiro atoms. The minimum atomic E-state index is -4.47. The number of carbonyl (C=O) groups is 1. The van der Waals surface area contributed by atoms with Gasteiger partial charge in [0.05, 0.1) is 13.5 Å². The van der Waals surface area contributed by atoms with Crippen LogP contribution < -0.4 is 5.32 Å². The number of esters is 1. The highest BCUT2D eigenvalue weighted by Gasteiger charge is 2.32. The number of aromatic nitrogens is 1. The van der Waals surface area contributed by atoms with Gasteiger partial charge in [-0.05, 0) is 12.1 Å². The van der Waals surface area contributed by atoms with Crippen LogP contribution in [0.15, 0.2) is 18.2 Å². The molecular formula is C10H11F3N2O2. The monoisotopic (exact) mass is 248 g/mol. The van der Waals surface area contributed by atoms with E-state index in [0.717, 1.165) is 6.07 Å². The molecule has 0 saturated heterocycles. The van der Waals surface area contributed by atoms with E-state index in [4.69, 9.17) is 0 Å². The maximum Gasteiger partial charge on any atom is 0.433 e. The molecule has 1 aromatic heterocycles. The molecule has 0 aliphatic rings. The molecule has 4 nitrogen and oxygen atoms in total. The average Bonchev–Trinajstić information content (AvgIpc) is 2.28. The van der Waals surface area contributed by atoms with Crippen LogP contribution in [0.4, 0.5) is 19.0 Å². The van der Waals surface area contributed by atoms with Crippen LogP contribution in [0.5, 0.6) is 0 Å². The van der Waals surface area contributed by atoms with Crippen molar-refractivity contribution in [2.24, 2.45) is 0 Å². The number of hydrogen-bond acceptors (Lipinski definition) is 4. The second-order valence-electron chi connectivity index (χ2n) is 3.16. The number of rotatable bonds is 4. The van der Waals surface area contributed by atoms with Crippen molar-refractivity contribution in [2.45, 2.75) is 12.6 Å². The van der Waals surface area contributed by atoms with Crippen LogP contribution in [-0.4, -0.2) is 24.6 Å². The number of ether oxygens (including phenoxy) is 1. The Bertz CT molecular complexity index is 393. The normalized spacial score (nSPS) is 11.1. The maximum atomic E-state index is 12.3. The van der Waals surface area contributed by atoms with Crippen LogP contribution in [0.1, 0.15) is 12.1 Å². The topological polar surface area (TPSA) is 51.2 Å². The zero-order valence-electron chi connectivity index (χ0n) is 9.04. The fourth-order valence-electron chi connectivity index (χ4n) is 1.09. The molecule has 0 radical (unpaired) electrons. The first-order chi connectivity index (χ1) is 7.93. The first kappa shape index (κ1) is 13.3. The van der Waals surface area contributed by atoms with Gasteiger partial charge in [-0.2, -0.15) is 13.2 Å². The van der Waals surface area contributed by atoms with Crippen molar-refractivity contribution in [2.75, 3.05) is 19.0 Å². The zero-order valence-corrected chi connectivity index (χ0v) is 9.04. The number of nitrogens with zero attached hydrogens (tertiary/aromatic N) is 1. The summed E-state index contributed by atoms with van der Waals surface area (Å²) in [4.78, 5) is 14.1. The highest BCUT2D eigenvalue weighted by atomic mass is 19.4. The molecule has 1 heterocycles. The number of alkyl halides is 3. The Kier molecular flexibility index (Phi) is 4.30. The Morgan fingerprint density at radius 2 is 2.18 bits per heavy atom. The lowest BCUT2D eigenvalue weighted by Crippen LogP contribution is -2.13. The summed E-state index contributed by atoms with van der Waals surface area (Å²) in [5.74, 6) is -0.367. The standard InChI is InChI=1S/C10H11F3N2O2/c1-17-9(16)5-6-14-8-4-2-3-7(15-8)10(11,12)13/h2-4H,5-6H2,1H3,(H,14,15). The Morgan fingerprint density at radius 1 is 1.47 bits per heavy atom. The predicted octanol–water partition coefficient (Wildman–Crippen LogP) is 2.08.